The van der Waals surface area contributed by atoms with E-state index >= 15 is 0 Å². The fourth-order valence-corrected chi connectivity index (χ4v) is 3.22. The fourth-order valence-electron chi connectivity index (χ4n) is 2.20. The molecule has 0 unspecified atom stereocenters. The van der Waals surface area contributed by atoms with Crippen molar-refractivity contribution in [1.29, 1.82) is 0 Å². The van der Waals surface area contributed by atoms with Crippen molar-refractivity contribution in [2.45, 2.75) is 0 Å². The largest absolute Gasteiger partial charge is 0.506 e. The summed E-state index contributed by atoms with van der Waals surface area (Å²) in [4.78, 5) is 4.98. The molecule has 5 heteroatoms. The molecule has 0 saturated heterocycles. The highest BCUT2D eigenvalue weighted by atomic mass is 32.1. The van der Waals surface area contributed by atoms with E-state index in [1.54, 1.807) is 0 Å². The summed E-state index contributed by atoms with van der Waals surface area (Å²) in [6, 6.07) is 17.3. The molecule has 4 aromatic rings. The van der Waals surface area contributed by atoms with Crippen molar-refractivity contribution < 1.29 is 9.63 Å². The minimum Gasteiger partial charge on any atom is -0.506 e. The van der Waals surface area contributed by atoms with E-state index in [0.29, 0.717) is 16.6 Å². The molecule has 0 atom stereocenters. The lowest BCUT2D eigenvalue weighted by molar-refractivity contribution is 0.428. The van der Waals surface area contributed by atoms with Crippen molar-refractivity contribution >= 4 is 21.4 Å². The summed E-state index contributed by atoms with van der Waals surface area (Å²) >= 11 is 1.44. The van der Waals surface area contributed by atoms with Gasteiger partial charge in [0.05, 0.1) is 0 Å². The first kappa shape index (κ1) is 12.1. The number of nitrogens with zero attached hydrogens (tertiary/aromatic N) is 2. The lowest BCUT2D eigenvalue weighted by Gasteiger charge is -1.91. The highest BCUT2D eigenvalue weighted by Crippen LogP contribution is 2.43. The maximum atomic E-state index is 10.3. The van der Waals surface area contributed by atoms with Gasteiger partial charge in [-0.15, -0.1) is 11.3 Å². The van der Waals surface area contributed by atoms with Crippen LogP contribution in [0.25, 0.3) is 32.2 Å². The van der Waals surface area contributed by atoms with E-state index in [-0.39, 0.29) is 5.75 Å². The quantitative estimate of drug-likeness (QED) is 0.598. The summed E-state index contributed by atoms with van der Waals surface area (Å²) in [7, 11) is 0. The fraction of sp³-hybridized carbons (Fsp3) is 0. The van der Waals surface area contributed by atoms with Gasteiger partial charge in [-0.25, -0.2) is 0 Å². The summed E-state index contributed by atoms with van der Waals surface area (Å²) in [5.41, 5.74) is 0.883. The van der Waals surface area contributed by atoms with Crippen LogP contribution in [0, 0.1) is 0 Å². The van der Waals surface area contributed by atoms with E-state index in [1.165, 1.54) is 11.3 Å². The van der Waals surface area contributed by atoms with Gasteiger partial charge in [0.25, 0.3) is 5.89 Å². The van der Waals surface area contributed by atoms with Gasteiger partial charge in [0, 0.05) is 15.6 Å². The highest BCUT2D eigenvalue weighted by molar-refractivity contribution is 7.22. The predicted octanol–water partition coefficient (Wildman–Crippen LogP) is 4.32. The van der Waals surface area contributed by atoms with Crippen molar-refractivity contribution in [2.75, 3.05) is 0 Å². The van der Waals surface area contributed by atoms with Gasteiger partial charge in [-0.05, 0) is 12.1 Å². The lowest BCUT2D eigenvalue weighted by atomic mass is 10.2. The Morgan fingerprint density at radius 3 is 2.52 bits per heavy atom. The molecule has 1 N–H and O–H groups in total. The van der Waals surface area contributed by atoms with E-state index in [2.05, 4.69) is 10.1 Å². The van der Waals surface area contributed by atoms with E-state index in [0.717, 1.165) is 15.6 Å². The molecule has 0 bridgehead atoms. The minimum atomic E-state index is 0.193. The second kappa shape index (κ2) is 4.71. The summed E-state index contributed by atoms with van der Waals surface area (Å²) in [5.74, 6) is 1.05. The molecule has 2 heterocycles. The molecule has 0 amide bonds. The van der Waals surface area contributed by atoms with Crippen LogP contribution in [0.2, 0.25) is 0 Å². The van der Waals surface area contributed by atoms with Crippen molar-refractivity contribution in [1.82, 2.24) is 10.1 Å². The Labute approximate surface area is 124 Å². The summed E-state index contributed by atoms with van der Waals surface area (Å²) < 4.78 is 6.30. The minimum absolute atomic E-state index is 0.193. The number of benzene rings is 2. The molecule has 21 heavy (non-hydrogen) atoms. The van der Waals surface area contributed by atoms with Crippen LogP contribution in [-0.2, 0) is 0 Å². The normalized spacial score (nSPS) is 11.0. The molecule has 0 radical (unpaired) electrons. The van der Waals surface area contributed by atoms with Gasteiger partial charge >= 0.3 is 0 Å². The van der Waals surface area contributed by atoms with Crippen LogP contribution in [0.4, 0.5) is 0 Å². The molecule has 4 rings (SSSR count). The monoisotopic (exact) mass is 294 g/mol. The third-order valence-electron chi connectivity index (χ3n) is 3.22. The molecular weight excluding hydrogens is 284 g/mol. The Kier molecular flexibility index (Phi) is 2.72. The van der Waals surface area contributed by atoms with Crippen LogP contribution in [0.5, 0.6) is 5.75 Å². The van der Waals surface area contributed by atoms with Crippen LogP contribution >= 0.6 is 11.3 Å². The third kappa shape index (κ3) is 1.98. The zero-order valence-corrected chi connectivity index (χ0v) is 11.7. The molecule has 0 spiro atoms. The second-order valence-electron chi connectivity index (χ2n) is 4.57. The van der Waals surface area contributed by atoms with Gasteiger partial charge in [-0.1, -0.05) is 47.6 Å². The molecule has 102 valence electrons. The van der Waals surface area contributed by atoms with Crippen molar-refractivity contribution in [3.8, 4) is 27.9 Å². The number of rotatable bonds is 2. The maximum Gasteiger partial charge on any atom is 0.272 e. The third-order valence-corrected chi connectivity index (χ3v) is 4.37. The smallest absolute Gasteiger partial charge is 0.272 e. The summed E-state index contributed by atoms with van der Waals surface area (Å²) in [6.45, 7) is 0. The Morgan fingerprint density at radius 2 is 1.71 bits per heavy atom. The molecular formula is C16H10N2O2S. The molecule has 0 fully saturated rings. The first-order valence-corrected chi connectivity index (χ1v) is 7.24. The average Bonchev–Trinajstić information content (AvgIpc) is 3.14. The van der Waals surface area contributed by atoms with Crippen molar-refractivity contribution in [2.24, 2.45) is 0 Å². The molecule has 2 aromatic heterocycles. The Bertz CT molecular complexity index is 912. The zero-order chi connectivity index (χ0) is 14.2. The van der Waals surface area contributed by atoms with Crippen LogP contribution in [0.3, 0.4) is 0 Å². The Morgan fingerprint density at radius 1 is 0.952 bits per heavy atom. The SMILES string of the molecule is Oc1c(-c2nc(-c3ccccc3)no2)sc2ccccc12. The number of aromatic nitrogens is 2. The standard InChI is InChI=1S/C16H10N2O2S/c19-13-11-8-4-5-9-12(11)21-14(13)16-17-15(18-20-16)10-6-2-1-3-7-10/h1-9,19H. The summed E-state index contributed by atoms with van der Waals surface area (Å²) in [6.07, 6.45) is 0. The molecule has 0 aliphatic heterocycles. The second-order valence-corrected chi connectivity index (χ2v) is 5.62. The van der Waals surface area contributed by atoms with Crippen molar-refractivity contribution in [3.63, 3.8) is 0 Å². The van der Waals surface area contributed by atoms with Crippen molar-refractivity contribution in [3.05, 3.63) is 54.6 Å². The molecule has 0 aliphatic rings. The highest BCUT2D eigenvalue weighted by Gasteiger charge is 2.18. The zero-order valence-electron chi connectivity index (χ0n) is 10.9. The van der Waals surface area contributed by atoms with Gasteiger partial charge in [0.2, 0.25) is 5.82 Å². The number of thiophene rings is 1. The first-order chi connectivity index (χ1) is 10.3. The molecule has 2 aromatic carbocycles. The summed E-state index contributed by atoms with van der Waals surface area (Å²) in [5, 5.41) is 15.1. The Hall–Kier alpha value is -2.66. The molecule has 4 nitrogen and oxygen atoms in total. The number of fused-ring (bicyclic) bond motifs is 1. The van der Waals surface area contributed by atoms with E-state index in [9.17, 15) is 5.11 Å². The van der Waals surface area contributed by atoms with Gasteiger partial charge in [0.1, 0.15) is 10.6 Å². The van der Waals surface area contributed by atoms with Gasteiger partial charge < -0.3 is 9.63 Å². The Balaban J connectivity index is 1.83. The number of aromatic hydroxyl groups is 1. The van der Waals surface area contributed by atoms with Crippen LogP contribution < -0.4 is 0 Å². The number of hydrogen-bond donors (Lipinski definition) is 1. The first-order valence-electron chi connectivity index (χ1n) is 6.43. The van der Waals surface area contributed by atoms with Gasteiger partial charge in [-0.2, -0.15) is 4.98 Å². The molecule has 0 saturated carbocycles. The van der Waals surface area contributed by atoms with E-state index in [1.807, 2.05) is 54.6 Å². The topological polar surface area (TPSA) is 59.2 Å². The predicted molar refractivity (Wildman–Crippen MR) is 82.2 cm³/mol. The maximum absolute atomic E-state index is 10.3. The van der Waals surface area contributed by atoms with Gasteiger partial charge in [-0.3, -0.25) is 0 Å². The average molecular weight is 294 g/mol. The molecule has 0 aliphatic carbocycles. The van der Waals surface area contributed by atoms with E-state index in [4.69, 9.17) is 4.52 Å². The lowest BCUT2D eigenvalue weighted by Crippen LogP contribution is -1.79. The number of hydrogen-bond acceptors (Lipinski definition) is 5. The van der Waals surface area contributed by atoms with Crippen LogP contribution in [0.15, 0.2) is 59.1 Å². The van der Waals surface area contributed by atoms with Crippen LogP contribution in [-0.4, -0.2) is 15.2 Å². The van der Waals surface area contributed by atoms with E-state index < -0.39 is 0 Å². The van der Waals surface area contributed by atoms with Crippen LogP contribution in [0.1, 0.15) is 0 Å². The van der Waals surface area contributed by atoms with Gasteiger partial charge in [0.15, 0.2) is 0 Å².